The van der Waals surface area contributed by atoms with Gasteiger partial charge in [0, 0.05) is 0 Å². The predicted molar refractivity (Wildman–Crippen MR) is 43.4 cm³/mol. The highest BCUT2D eigenvalue weighted by molar-refractivity contribution is 6.99. The predicted octanol–water partition coefficient (Wildman–Crippen LogP) is -0.240. The number of hydrogen-bond donors (Lipinski definition) is 1. The normalized spacial score (nSPS) is 10.3. The number of nitrogens with zero attached hydrogens (tertiary/aromatic N) is 5. The first-order chi connectivity index (χ1) is 5.84. The maximum atomic E-state index is 5.33. The SMILES string of the molecule is Nc1ncn(Cc2cnsn2)n1. The highest BCUT2D eigenvalue weighted by Crippen LogP contribution is 1.98. The zero-order chi connectivity index (χ0) is 8.39. The molecule has 0 atom stereocenters. The van der Waals surface area contributed by atoms with E-state index in [9.17, 15) is 0 Å². The third-order valence-corrected chi connectivity index (χ3v) is 1.80. The van der Waals surface area contributed by atoms with Crippen LogP contribution in [0.25, 0.3) is 0 Å². The van der Waals surface area contributed by atoms with Gasteiger partial charge in [-0.3, -0.25) is 0 Å². The lowest BCUT2D eigenvalue weighted by atomic mass is 10.5. The van der Waals surface area contributed by atoms with E-state index in [0.29, 0.717) is 6.54 Å². The summed E-state index contributed by atoms with van der Waals surface area (Å²) in [7, 11) is 0. The molecule has 0 fully saturated rings. The van der Waals surface area contributed by atoms with Gasteiger partial charge in [0.2, 0.25) is 5.95 Å². The van der Waals surface area contributed by atoms with Gasteiger partial charge in [-0.25, -0.2) is 9.67 Å². The summed E-state index contributed by atoms with van der Waals surface area (Å²) in [6, 6.07) is 0. The van der Waals surface area contributed by atoms with Gasteiger partial charge in [-0.1, -0.05) is 0 Å². The Bertz CT molecular complexity index is 352. The number of nitrogens with two attached hydrogens (primary N) is 1. The summed E-state index contributed by atoms with van der Waals surface area (Å²) in [5.41, 5.74) is 6.20. The van der Waals surface area contributed by atoms with Gasteiger partial charge in [-0.05, 0) is 0 Å². The largest absolute Gasteiger partial charge is 0.367 e. The molecular weight excluding hydrogens is 176 g/mol. The molecule has 2 N–H and O–H groups in total. The van der Waals surface area contributed by atoms with Crippen molar-refractivity contribution >= 4 is 17.7 Å². The molecular formula is C5H6N6S. The van der Waals surface area contributed by atoms with Crippen molar-refractivity contribution in [2.75, 3.05) is 5.73 Å². The quantitative estimate of drug-likeness (QED) is 0.693. The van der Waals surface area contributed by atoms with Gasteiger partial charge in [0.1, 0.15) is 6.33 Å². The zero-order valence-electron chi connectivity index (χ0n) is 6.08. The summed E-state index contributed by atoms with van der Waals surface area (Å²) in [4.78, 5) is 3.78. The van der Waals surface area contributed by atoms with Crippen molar-refractivity contribution in [1.29, 1.82) is 0 Å². The third-order valence-electron chi connectivity index (χ3n) is 1.29. The summed E-state index contributed by atoms with van der Waals surface area (Å²) in [6.07, 6.45) is 3.26. The van der Waals surface area contributed by atoms with Crippen LogP contribution in [0.1, 0.15) is 5.69 Å². The second-order valence-corrected chi connectivity index (χ2v) is 2.76. The Labute approximate surface area is 72.4 Å². The molecule has 0 aliphatic carbocycles. The first-order valence-corrected chi connectivity index (χ1v) is 3.99. The molecule has 0 aromatic carbocycles. The van der Waals surface area contributed by atoms with Crippen LogP contribution in [-0.2, 0) is 6.54 Å². The standard InChI is InChI=1S/C5H6N6S/c6-5-7-3-11(9-5)2-4-1-8-12-10-4/h1,3H,2H2,(H2,6,9). The summed E-state index contributed by atoms with van der Waals surface area (Å²) in [6.45, 7) is 0.570. The van der Waals surface area contributed by atoms with E-state index >= 15 is 0 Å². The van der Waals surface area contributed by atoms with Crippen LogP contribution >= 0.6 is 11.7 Å². The van der Waals surface area contributed by atoms with Crippen LogP contribution in [0, 0.1) is 0 Å². The smallest absolute Gasteiger partial charge is 0.239 e. The zero-order valence-corrected chi connectivity index (χ0v) is 6.90. The Kier molecular flexibility index (Phi) is 1.71. The maximum absolute atomic E-state index is 5.33. The Balaban J connectivity index is 2.14. The molecule has 2 aromatic rings. The molecule has 0 amide bonds. The number of anilines is 1. The molecule has 2 heterocycles. The fourth-order valence-electron chi connectivity index (χ4n) is 0.805. The second kappa shape index (κ2) is 2.86. The number of nitrogen functional groups attached to an aromatic ring is 1. The Hall–Kier alpha value is -1.50. The van der Waals surface area contributed by atoms with E-state index in [1.165, 1.54) is 11.7 Å². The minimum Gasteiger partial charge on any atom is -0.367 e. The van der Waals surface area contributed by atoms with Crippen molar-refractivity contribution in [3.05, 3.63) is 18.2 Å². The maximum Gasteiger partial charge on any atom is 0.239 e. The lowest BCUT2D eigenvalue weighted by Gasteiger charge is -1.92. The van der Waals surface area contributed by atoms with E-state index in [1.54, 1.807) is 17.2 Å². The minimum absolute atomic E-state index is 0.276. The van der Waals surface area contributed by atoms with Crippen molar-refractivity contribution in [2.45, 2.75) is 6.54 Å². The summed E-state index contributed by atoms with van der Waals surface area (Å²) in [5, 5.41) is 3.91. The minimum atomic E-state index is 0.276. The molecule has 12 heavy (non-hydrogen) atoms. The van der Waals surface area contributed by atoms with E-state index < -0.39 is 0 Å². The van der Waals surface area contributed by atoms with Gasteiger partial charge in [0.05, 0.1) is 30.2 Å². The molecule has 0 radical (unpaired) electrons. The molecule has 0 bridgehead atoms. The van der Waals surface area contributed by atoms with Crippen molar-refractivity contribution < 1.29 is 0 Å². The van der Waals surface area contributed by atoms with Gasteiger partial charge in [0.25, 0.3) is 0 Å². The summed E-state index contributed by atoms with van der Waals surface area (Å²) >= 11 is 1.17. The fourth-order valence-corrected chi connectivity index (χ4v) is 1.23. The van der Waals surface area contributed by atoms with Crippen LogP contribution in [-0.4, -0.2) is 23.5 Å². The molecule has 2 aromatic heterocycles. The molecule has 6 nitrogen and oxygen atoms in total. The van der Waals surface area contributed by atoms with Crippen molar-refractivity contribution in [3.63, 3.8) is 0 Å². The van der Waals surface area contributed by atoms with Crippen molar-refractivity contribution in [2.24, 2.45) is 0 Å². The number of rotatable bonds is 2. The molecule has 62 valence electrons. The molecule has 0 spiro atoms. The average molecular weight is 182 g/mol. The van der Waals surface area contributed by atoms with Gasteiger partial charge >= 0.3 is 0 Å². The summed E-state index contributed by atoms with van der Waals surface area (Å²) in [5.74, 6) is 0.276. The van der Waals surface area contributed by atoms with E-state index in [0.717, 1.165) is 5.69 Å². The van der Waals surface area contributed by atoms with Crippen LogP contribution in [0.15, 0.2) is 12.5 Å². The topological polar surface area (TPSA) is 82.5 Å². The van der Waals surface area contributed by atoms with Gasteiger partial charge in [-0.2, -0.15) is 8.75 Å². The molecule has 2 rings (SSSR count). The monoisotopic (exact) mass is 182 g/mol. The molecule has 0 saturated carbocycles. The van der Waals surface area contributed by atoms with E-state index in [2.05, 4.69) is 18.8 Å². The Morgan fingerprint density at radius 2 is 2.50 bits per heavy atom. The lowest BCUT2D eigenvalue weighted by Crippen LogP contribution is -2.00. The van der Waals surface area contributed by atoms with E-state index in [1.807, 2.05) is 0 Å². The van der Waals surface area contributed by atoms with E-state index in [4.69, 9.17) is 5.73 Å². The molecule has 0 aliphatic heterocycles. The average Bonchev–Trinajstić information content (AvgIpc) is 2.63. The Morgan fingerprint density at radius 3 is 3.08 bits per heavy atom. The van der Waals surface area contributed by atoms with E-state index in [-0.39, 0.29) is 5.95 Å². The molecule has 7 heteroatoms. The number of aromatic nitrogens is 5. The second-order valence-electron chi connectivity index (χ2n) is 2.20. The van der Waals surface area contributed by atoms with Crippen LogP contribution in [0.4, 0.5) is 5.95 Å². The molecule has 0 aliphatic rings. The first kappa shape index (κ1) is 7.17. The third kappa shape index (κ3) is 1.40. The van der Waals surface area contributed by atoms with Crippen molar-refractivity contribution in [3.8, 4) is 0 Å². The lowest BCUT2D eigenvalue weighted by molar-refractivity contribution is 0.678. The number of hydrogen-bond acceptors (Lipinski definition) is 6. The molecule has 0 saturated heterocycles. The van der Waals surface area contributed by atoms with Gasteiger partial charge < -0.3 is 5.73 Å². The van der Waals surface area contributed by atoms with Crippen LogP contribution in [0.2, 0.25) is 0 Å². The molecule has 0 unspecified atom stereocenters. The van der Waals surface area contributed by atoms with Gasteiger partial charge in [-0.15, -0.1) is 5.10 Å². The highest BCUT2D eigenvalue weighted by atomic mass is 32.1. The fraction of sp³-hybridized carbons (Fsp3) is 0.200. The van der Waals surface area contributed by atoms with Crippen LogP contribution < -0.4 is 5.73 Å². The van der Waals surface area contributed by atoms with Crippen molar-refractivity contribution in [1.82, 2.24) is 23.5 Å². The Morgan fingerprint density at radius 1 is 1.58 bits per heavy atom. The highest BCUT2D eigenvalue weighted by Gasteiger charge is 1.99. The summed E-state index contributed by atoms with van der Waals surface area (Å²) < 4.78 is 9.50. The van der Waals surface area contributed by atoms with Crippen LogP contribution in [0.5, 0.6) is 0 Å². The van der Waals surface area contributed by atoms with Gasteiger partial charge in [0.15, 0.2) is 0 Å². The first-order valence-electron chi connectivity index (χ1n) is 3.26. The van der Waals surface area contributed by atoms with Crippen LogP contribution in [0.3, 0.4) is 0 Å².